The number of aliphatic hydroxyl groups excluding tert-OH is 2. The van der Waals surface area contributed by atoms with E-state index in [9.17, 15) is 26.7 Å². The van der Waals surface area contributed by atoms with Crippen LogP contribution < -0.4 is 0 Å². The first-order valence-corrected chi connectivity index (χ1v) is 5.59. The summed E-state index contributed by atoms with van der Waals surface area (Å²) in [6, 6.07) is 0. The molecule has 0 spiro atoms. The zero-order valence-corrected chi connectivity index (χ0v) is 8.62. The molecule has 0 amide bonds. The van der Waals surface area contributed by atoms with Gasteiger partial charge in [-0.25, -0.2) is 0 Å². The number of alkyl halides is 3. The lowest BCUT2D eigenvalue weighted by atomic mass is 10.1. The van der Waals surface area contributed by atoms with Crippen molar-refractivity contribution in [1.82, 2.24) is 0 Å². The molecule has 0 unspecified atom stereocenters. The minimum absolute atomic E-state index is 0.0616. The summed E-state index contributed by atoms with van der Waals surface area (Å²) in [7, 11) is -5.74. The summed E-state index contributed by atoms with van der Waals surface area (Å²) < 4.78 is 60.9. The highest BCUT2D eigenvalue weighted by Crippen LogP contribution is 2.33. The van der Waals surface area contributed by atoms with E-state index in [2.05, 4.69) is 4.18 Å². The van der Waals surface area contributed by atoms with Crippen LogP contribution >= 0.6 is 0 Å². The molecule has 0 radical (unpaired) electrons. The first-order chi connectivity index (χ1) is 7.19. The smallest absolute Gasteiger partial charge is 0.396 e. The van der Waals surface area contributed by atoms with Crippen molar-refractivity contribution < 1.29 is 36.0 Å². The van der Waals surface area contributed by atoms with E-state index < -0.39 is 40.0 Å². The Labute approximate surface area is 89.3 Å². The molecule has 1 aliphatic rings. The molecule has 1 rings (SSSR count). The first kappa shape index (κ1) is 13.3. The van der Waals surface area contributed by atoms with Crippen molar-refractivity contribution in [1.29, 1.82) is 0 Å². The van der Waals surface area contributed by atoms with Crippen LogP contribution in [0.3, 0.4) is 0 Å². The van der Waals surface area contributed by atoms with Gasteiger partial charge in [0.25, 0.3) is 0 Å². The zero-order valence-electron chi connectivity index (χ0n) is 7.81. The third-order valence-corrected chi connectivity index (χ3v) is 3.06. The molecule has 94 valence electrons. The van der Waals surface area contributed by atoms with Crippen LogP contribution in [0.25, 0.3) is 0 Å². The largest absolute Gasteiger partial charge is 0.534 e. The standard InChI is InChI=1S/C7H9F3O5S/c8-7(9,10)16(13,14)15-6-2-1-5(12)4(6)3-11/h2,4-5,11-12H,1,3H2/t4-,5+/m1/s1. The molecular weight excluding hydrogens is 253 g/mol. The molecule has 5 nitrogen and oxygen atoms in total. The van der Waals surface area contributed by atoms with Crippen molar-refractivity contribution in [3.8, 4) is 0 Å². The fourth-order valence-electron chi connectivity index (χ4n) is 1.22. The molecule has 0 aromatic heterocycles. The van der Waals surface area contributed by atoms with Crippen LogP contribution in [0.15, 0.2) is 11.8 Å². The topological polar surface area (TPSA) is 83.8 Å². The van der Waals surface area contributed by atoms with Gasteiger partial charge in [0.2, 0.25) is 0 Å². The predicted octanol–water partition coefficient (Wildman–Crippen LogP) is 0.110. The summed E-state index contributed by atoms with van der Waals surface area (Å²) in [4.78, 5) is 0. The van der Waals surface area contributed by atoms with Crippen LogP contribution in [0, 0.1) is 5.92 Å². The van der Waals surface area contributed by atoms with Gasteiger partial charge in [0.1, 0.15) is 5.76 Å². The number of aliphatic hydroxyl groups is 2. The van der Waals surface area contributed by atoms with E-state index in [1.165, 1.54) is 0 Å². The van der Waals surface area contributed by atoms with Crippen molar-refractivity contribution in [2.45, 2.75) is 18.0 Å². The number of halogens is 3. The fourth-order valence-corrected chi connectivity index (χ4v) is 1.76. The molecule has 0 heterocycles. The average molecular weight is 262 g/mol. The Morgan fingerprint density at radius 1 is 1.50 bits per heavy atom. The van der Waals surface area contributed by atoms with Gasteiger partial charge in [-0.3, -0.25) is 0 Å². The monoisotopic (exact) mass is 262 g/mol. The van der Waals surface area contributed by atoms with Crippen molar-refractivity contribution in [2.24, 2.45) is 5.92 Å². The van der Waals surface area contributed by atoms with E-state index in [1.807, 2.05) is 0 Å². The molecule has 0 fully saturated rings. The Hall–Kier alpha value is -0.800. The SMILES string of the molecule is O=S(=O)(OC1=CC[C@H](O)[C@H]1CO)C(F)(F)F. The van der Waals surface area contributed by atoms with E-state index in [-0.39, 0.29) is 6.42 Å². The average Bonchev–Trinajstić information content (AvgIpc) is 2.44. The van der Waals surface area contributed by atoms with Crippen molar-refractivity contribution in [2.75, 3.05) is 6.61 Å². The maximum atomic E-state index is 11.9. The summed E-state index contributed by atoms with van der Waals surface area (Å²) in [6.45, 7) is -0.694. The van der Waals surface area contributed by atoms with E-state index in [1.54, 1.807) is 0 Å². The summed E-state index contributed by atoms with van der Waals surface area (Å²) >= 11 is 0. The summed E-state index contributed by atoms with van der Waals surface area (Å²) in [5.74, 6) is -1.72. The molecule has 0 aromatic carbocycles. The second kappa shape index (κ2) is 4.22. The Morgan fingerprint density at radius 2 is 2.06 bits per heavy atom. The Balaban J connectivity index is 2.84. The third kappa shape index (κ3) is 2.47. The highest BCUT2D eigenvalue weighted by molar-refractivity contribution is 7.87. The lowest BCUT2D eigenvalue weighted by molar-refractivity contribution is -0.0533. The lowest BCUT2D eigenvalue weighted by Gasteiger charge is -2.17. The predicted molar refractivity (Wildman–Crippen MR) is 45.3 cm³/mol. The van der Waals surface area contributed by atoms with Gasteiger partial charge in [-0.2, -0.15) is 21.6 Å². The molecule has 2 N–H and O–H groups in total. The molecule has 9 heteroatoms. The van der Waals surface area contributed by atoms with Crippen molar-refractivity contribution >= 4 is 10.1 Å². The van der Waals surface area contributed by atoms with Crippen LogP contribution in [0.1, 0.15) is 6.42 Å². The maximum Gasteiger partial charge on any atom is 0.534 e. The zero-order chi connectivity index (χ0) is 12.6. The van der Waals surface area contributed by atoms with E-state index >= 15 is 0 Å². The maximum absolute atomic E-state index is 11.9. The fraction of sp³-hybridized carbons (Fsp3) is 0.714. The second-order valence-electron chi connectivity index (χ2n) is 3.18. The van der Waals surface area contributed by atoms with Gasteiger partial charge in [0.15, 0.2) is 0 Å². The molecule has 0 aliphatic heterocycles. The third-order valence-electron chi connectivity index (χ3n) is 2.08. The molecular formula is C7H9F3O5S. The summed E-state index contributed by atoms with van der Waals surface area (Å²) in [5.41, 5.74) is -5.53. The van der Waals surface area contributed by atoms with Gasteiger partial charge >= 0.3 is 15.6 Å². The molecule has 1 aliphatic carbocycles. The Bertz CT molecular complexity index is 385. The molecule has 0 bridgehead atoms. The molecule has 2 atom stereocenters. The molecule has 0 saturated carbocycles. The van der Waals surface area contributed by atoms with Crippen LogP contribution in [-0.4, -0.2) is 36.9 Å². The Morgan fingerprint density at radius 3 is 2.50 bits per heavy atom. The highest BCUT2D eigenvalue weighted by Gasteiger charge is 2.50. The van der Waals surface area contributed by atoms with Gasteiger partial charge in [-0.05, 0) is 12.5 Å². The summed E-state index contributed by atoms with van der Waals surface area (Å²) in [5, 5.41) is 17.9. The van der Waals surface area contributed by atoms with Crippen molar-refractivity contribution in [3.05, 3.63) is 11.8 Å². The van der Waals surface area contributed by atoms with Crippen LogP contribution in [0.2, 0.25) is 0 Å². The first-order valence-electron chi connectivity index (χ1n) is 4.19. The van der Waals surface area contributed by atoms with Gasteiger partial charge in [-0.15, -0.1) is 0 Å². The lowest BCUT2D eigenvalue weighted by Crippen LogP contribution is -2.28. The number of hydrogen-bond acceptors (Lipinski definition) is 5. The second-order valence-corrected chi connectivity index (χ2v) is 4.72. The van der Waals surface area contributed by atoms with Gasteiger partial charge in [0.05, 0.1) is 18.6 Å². The minimum atomic E-state index is -5.74. The number of rotatable bonds is 3. The highest BCUT2D eigenvalue weighted by atomic mass is 32.2. The van der Waals surface area contributed by atoms with Gasteiger partial charge in [0, 0.05) is 0 Å². The van der Waals surface area contributed by atoms with Gasteiger partial charge < -0.3 is 14.4 Å². The van der Waals surface area contributed by atoms with Crippen molar-refractivity contribution in [3.63, 3.8) is 0 Å². The quantitative estimate of drug-likeness (QED) is 0.557. The number of hydrogen-bond donors (Lipinski definition) is 2. The molecule has 0 aromatic rings. The van der Waals surface area contributed by atoms with Gasteiger partial charge in [-0.1, -0.05) is 0 Å². The van der Waals surface area contributed by atoms with E-state index in [0.29, 0.717) is 0 Å². The van der Waals surface area contributed by atoms with Crippen LogP contribution in [-0.2, 0) is 14.3 Å². The minimum Gasteiger partial charge on any atom is -0.396 e. The molecule has 16 heavy (non-hydrogen) atoms. The normalized spacial score (nSPS) is 26.7. The van der Waals surface area contributed by atoms with Crippen LogP contribution in [0.5, 0.6) is 0 Å². The molecule has 0 saturated heterocycles. The Kier molecular flexibility index (Phi) is 3.50. The summed E-state index contributed by atoms with van der Waals surface area (Å²) in [6.07, 6.45) is -0.189. The van der Waals surface area contributed by atoms with Crippen LogP contribution in [0.4, 0.5) is 13.2 Å². The van der Waals surface area contributed by atoms with E-state index in [4.69, 9.17) is 5.11 Å². The van der Waals surface area contributed by atoms with E-state index in [0.717, 1.165) is 6.08 Å².